The number of halogens is 1. The van der Waals surface area contributed by atoms with Crippen LogP contribution >= 0.6 is 18.7 Å². The molecule has 3 aromatic heterocycles. The Hall–Kier alpha value is -4.09. The third-order valence-electron chi connectivity index (χ3n) is 7.07. The highest BCUT2D eigenvalue weighted by Gasteiger charge is 2.24. The topological polar surface area (TPSA) is 141 Å². The van der Waals surface area contributed by atoms with Gasteiger partial charge in [-0.25, -0.2) is 4.98 Å². The molecule has 0 aliphatic carbocycles. The van der Waals surface area contributed by atoms with E-state index < -0.39 is 7.14 Å². The van der Waals surface area contributed by atoms with Crippen molar-refractivity contribution < 1.29 is 14.0 Å². The summed E-state index contributed by atoms with van der Waals surface area (Å²) in [7, 11) is 0.782. The molecule has 3 N–H and O–H groups in total. The van der Waals surface area contributed by atoms with E-state index in [4.69, 9.17) is 21.1 Å². The average Bonchev–Trinajstić information content (AvgIpc) is 3.44. The highest BCUT2D eigenvalue weighted by atomic mass is 35.5. The third kappa shape index (κ3) is 6.18. The van der Waals surface area contributed by atoms with Crippen LogP contribution in [0.15, 0.2) is 55.2 Å². The smallest absolute Gasteiger partial charge is 0.229 e. The van der Waals surface area contributed by atoms with Crippen LogP contribution < -0.4 is 26.0 Å². The van der Waals surface area contributed by atoms with Gasteiger partial charge in [-0.1, -0.05) is 11.6 Å². The second kappa shape index (κ2) is 11.9. The number of morpholine rings is 1. The van der Waals surface area contributed by atoms with Crippen molar-refractivity contribution in [2.24, 2.45) is 7.05 Å². The predicted molar refractivity (Wildman–Crippen MR) is 169 cm³/mol. The van der Waals surface area contributed by atoms with E-state index in [1.54, 1.807) is 49.6 Å². The van der Waals surface area contributed by atoms with Gasteiger partial charge in [-0.2, -0.15) is 10.1 Å². The summed E-state index contributed by atoms with van der Waals surface area (Å²) in [6, 6.07) is 7.54. The first kappa shape index (κ1) is 29.0. The van der Waals surface area contributed by atoms with Crippen molar-refractivity contribution >= 4 is 58.2 Å². The molecule has 0 amide bonds. The van der Waals surface area contributed by atoms with Crippen LogP contribution in [0, 0.1) is 0 Å². The first-order valence-corrected chi connectivity index (χ1v) is 16.6. The number of fused-ring (bicyclic) bond motifs is 1. The summed E-state index contributed by atoms with van der Waals surface area (Å²) in [5.41, 5.74) is 5.39. The summed E-state index contributed by atoms with van der Waals surface area (Å²) in [6.07, 6.45) is 8.34. The molecule has 0 radical (unpaired) electrons. The van der Waals surface area contributed by atoms with Crippen molar-refractivity contribution in [1.29, 1.82) is 0 Å². The number of hydrogen-bond acceptors (Lipinski definition) is 11. The van der Waals surface area contributed by atoms with Gasteiger partial charge in [0.05, 0.1) is 54.6 Å². The van der Waals surface area contributed by atoms with Crippen LogP contribution in [0.2, 0.25) is 5.02 Å². The predicted octanol–water partition coefficient (Wildman–Crippen LogP) is 4.88. The Kier molecular flexibility index (Phi) is 8.02. The maximum atomic E-state index is 13.2. The minimum atomic E-state index is -2.71. The molecule has 1 atom stereocenters. The van der Waals surface area contributed by atoms with E-state index in [1.807, 2.05) is 31.6 Å². The zero-order valence-electron chi connectivity index (χ0n) is 24.1. The molecule has 1 unspecified atom stereocenters. The monoisotopic (exact) mass is 619 g/mol. The van der Waals surface area contributed by atoms with Crippen molar-refractivity contribution in [1.82, 2.24) is 35.0 Å². The van der Waals surface area contributed by atoms with Crippen molar-refractivity contribution in [2.75, 3.05) is 50.8 Å². The van der Waals surface area contributed by atoms with Crippen LogP contribution in [0.5, 0.6) is 5.75 Å². The summed E-state index contributed by atoms with van der Waals surface area (Å²) >= 11 is 6.54. The fourth-order valence-electron chi connectivity index (χ4n) is 5.01. The molecule has 1 fully saturated rings. The Morgan fingerprint density at radius 2 is 1.86 bits per heavy atom. The number of nitrogens with one attached hydrogen (secondary N) is 3. The van der Waals surface area contributed by atoms with Crippen molar-refractivity contribution in [3.8, 4) is 16.9 Å². The van der Waals surface area contributed by atoms with Gasteiger partial charge in [0, 0.05) is 49.6 Å². The van der Waals surface area contributed by atoms with Crippen molar-refractivity contribution in [3.05, 3.63) is 65.8 Å². The molecule has 6 rings (SSSR count). The summed E-state index contributed by atoms with van der Waals surface area (Å²) in [5.74, 6) is 1.21. The van der Waals surface area contributed by atoms with Gasteiger partial charge in [-0.05, 0) is 48.7 Å². The molecule has 43 heavy (non-hydrogen) atoms. The Bertz CT molecular complexity index is 1850. The van der Waals surface area contributed by atoms with E-state index in [9.17, 15) is 4.57 Å². The molecule has 14 heteroatoms. The minimum Gasteiger partial charge on any atom is -0.495 e. The zero-order chi connectivity index (χ0) is 30.1. The van der Waals surface area contributed by atoms with Gasteiger partial charge in [0.2, 0.25) is 5.95 Å². The molecule has 0 spiro atoms. The highest BCUT2D eigenvalue weighted by molar-refractivity contribution is 7.70. The molecule has 1 saturated heterocycles. The van der Waals surface area contributed by atoms with Gasteiger partial charge in [0.25, 0.3) is 0 Å². The Balaban J connectivity index is 1.38. The first-order chi connectivity index (χ1) is 20.7. The fraction of sp³-hybridized carbons (Fsp3) is 0.276. The Morgan fingerprint density at radius 1 is 1.07 bits per heavy atom. The van der Waals surface area contributed by atoms with Crippen LogP contribution in [-0.2, 0) is 16.3 Å². The van der Waals surface area contributed by atoms with E-state index in [-0.39, 0.29) is 17.1 Å². The van der Waals surface area contributed by atoms with Crippen LogP contribution in [0.4, 0.5) is 23.1 Å². The van der Waals surface area contributed by atoms with Crippen LogP contribution in [-0.4, -0.2) is 69.9 Å². The van der Waals surface area contributed by atoms with E-state index >= 15 is 0 Å². The normalized spacial score (nSPS) is 15.4. The molecule has 0 saturated carbocycles. The second-order valence-corrected chi connectivity index (χ2v) is 14.1. The van der Waals surface area contributed by atoms with Crippen LogP contribution in [0.3, 0.4) is 0 Å². The van der Waals surface area contributed by atoms with Crippen LogP contribution in [0.25, 0.3) is 22.2 Å². The van der Waals surface area contributed by atoms with Gasteiger partial charge in [-0.15, -0.1) is 0 Å². The molecular formula is C29H31ClN9O3P. The molecule has 2 aromatic carbocycles. The van der Waals surface area contributed by atoms with E-state index in [1.165, 1.54) is 6.20 Å². The molecule has 222 valence electrons. The Morgan fingerprint density at radius 3 is 2.53 bits per heavy atom. The largest absolute Gasteiger partial charge is 0.495 e. The quantitative estimate of drug-likeness (QED) is 0.205. The number of aromatic nitrogens is 6. The van der Waals surface area contributed by atoms with Crippen molar-refractivity contribution in [2.45, 2.75) is 6.10 Å². The summed E-state index contributed by atoms with van der Waals surface area (Å²) in [4.78, 5) is 17.8. The molecular weight excluding hydrogens is 589 g/mol. The minimum absolute atomic E-state index is 0.150. The Labute approximate surface area is 253 Å². The van der Waals surface area contributed by atoms with Gasteiger partial charge < -0.3 is 30.0 Å². The average molecular weight is 620 g/mol. The first-order valence-electron chi connectivity index (χ1n) is 13.6. The van der Waals surface area contributed by atoms with Gasteiger partial charge in [0.15, 0.2) is 5.82 Å². The number of nitrogens with zero attached hydrogens (tertiary/aromatic N) is 6. The lowest BCUT2D eigenvalue weighted by Crippen LogP contribution is -2.33. The number of rotatable bonds is 8. The van der Waals surface area contributed by atoms with Crippen molar-refractivity contribution in [3.63, 3.8) is 0 Å². The number of benzene rings is 2. The number of aryl methyl sites for hydroxylation is 1. The maximum Gasteiger partial charge on any atom is 0.229 e. The second-order valence-electron chi connectivity index (χ2n) is 10.5. The lowest BCUT2D eigenvalue weighted by molar-refractivity contribution is 0.0279. The number of anilines is 4. The molecule has 5 aromatic rings. The standard InChI is InChI=1S/C29H31ClN9O3P/c1-39-16-17(13-35-39)18-9-23(25(41-2)10-19(18)26-15-31-7-8-42-26)37-29-34-14-20(30)28(38-29)36-24-11-21-22(33-6-5-32-21)12-27(24)43(3,4)40/h5-6,9-14,16,26,31H,7-8,15H2,1-4H3,(H2,34,36,37,38). The fourth-order valence-corrected chi connectivity index (χ4v) is 6.28. The molecule has 1 aliphatic heterocycles. The SMILES string of the molecule is COc1cc(C2CNCCO2)c(-c2cnn(C)c2)cc1Nc1ncc(Cl)c(Nc2cc3nccnc3cc2P(C)(C)=O)n1. The van der Waals surface area contributed by atoms with Gasteiger partial charge in [-0.3, -0.25) is 14.6 Å². The highest BCUT2D eigenvalue weighted by Crippen LogP contribution is 2.41. The summed E-state index contributed by atoms with van der Waals surface area (Å²) in [5, 5.41) is 15.2. The third-order valence-corrected chi connectivity index (χ3v) is 8.88. The number of ether oxygens (including phenoxy) is 2. The van der Waals surface area contributed by atoms with E-state index in [2.05, 4.69) is 41.0 Å². The van der Waals surface area contributed by atoms with E-state index in [0.717, 1.165) is 23.2 Å². The number of hydrogen-bond donors (Lipinski definition) is 3. The summed E-state index contributed by atoms with van der Waals surface area (Å²) in [6.45, 7) is 5.51. The van der Waals surface area contributed by atoms with Gasteiger partial charge in [0.1, 0.15) is 17.9 Å². The van der Waals surface area contributed by atoms with E-state index in [0.29, 0.717) is 52.4 Å². The lowest BCUT2D eigenvalue weighted by Gasteiger charge is -2.27. The summed E-state index contributed by atoms with van der Waals surface area (Å²) < 4.78 is 26.9. The van der Waals surface area contributed by atoms with Crippen LogP contribution in [0.1, 0.15) is 11.7 Å². The zero-order valence-corrected chi connectivity index (χ0v) is 25.8. The molecule has 12 nitrogen and oxygen atoms in total. The molecule has 4 heterocycles. The maximum absolute atomic E-state index is 13.2. The van der Waals surface area contributed by atoms with Gasteiger partial charge >= 0.3 is 0 Å². The lowest BCUT2D eigenvalue weighted by atomic mass is 9.96. The number of methoxy groups -OCH3 is 1. The molecule has 0 bridgehead atoms. The molecule has 1 aliphatic rings.